The first-order valence-corrected chi connectivity index (χ1v) is 8.89. The van der Waals surface area contributed by atoms with E-state index in [2.05, 4.69) is 5.32 Å². The highest BCUT2D eigenvalue weighted by Crippen LogP contribution is 2.16. The number of ether oxygens (including phenoxy) is 2. The normalized spacial score (nSPS) is 9.90. The second kappa shape index (κ2) is 9.72. The molecule has 0 radical (unpaired) electrons. The molecule has 6 heteroatoms. The maximum absolute atomic E-state index is 12.4. The van der Waals surface area contributed by atoms with Crippen LogP contribution < -0.4 is 10.1 Å². The van der Waals surface area contributed by atoms with Crippen LogP contribution in [0.2, 0.25) is 0 Å². The van der Waals surface area contributed by atoms with E-state index >= 15 is 0 Å². The highest BCUT2D eigenvalue weighted by molar-refractivity contribution is 5.96. The third kappa shape index (κ3) is 5.44. The third-order valence-corrected chi connectivity index (χ3v) is 4.03. The molecule has 0 atom stereocenters. The minimum Gasteiger partial charge on any atom is -0.489 e. The summed E-state index contributed by atoms with van der Waals surface area (Å²) < 4.78 is 10.8. The molecule has 3 rings (SSSR count). The van der Waals surface area contributed by atoms with E-state index in [4.69, 9.17) is 14.7 Å². The molecule has 0 bridgehead atoms. The molecule has 0 aliphatic rings. The van der Waals surface area contributed by atoms with E-state index in [1.807, 2.05) is 36.4 Å². The van der Waals surface area contributed by atoms with Crippen molar-refractivity contribution in [3.05, 3.63) is 95.6 Å². The second-order valence-electron chi connectivity index (χ2n) is 6.04. The average molecular weight is 386 g/mol. The fourth-order valence-corrected chi connectivity index (χ4v) is 2.61. The number of esters is 1. The molecule has 3 aromatic carbocycles. The first-order chi connectivity index (χ1) is 14.2. The predicted octanol–water partition coefficient (Wildman–Crippen LogP) is 3.93. The molecule has 6 nitrogen and oxygen atoms in total. The largest absolute Gasteiger partial charge is 0.489 e. The topological polar surface area (TPSA) is 88.4 Å². The van der Waals surface area contributed by atoms with Gasteiger partial charge in [-0.15, -0.1) is 0 Å². The van der Waals surface area contributed by atoms with Crippen LogP contribution in [0.4, 0.5) is 5.69 Å². The fourth-order valence-electron chi connectivity index (χ4n) is 2.61. The van der Waals surface area contributed by atoms with Crippen LogP contribution in [0.5, 0.6) is 5.75 Å². The number of hydrogen-bond donors (Lipinski definition) is 1. The molecule has 3 aromatic rings. The maximum atomic E-state index is 12.4. The van der Waals surface area contributed by atoms with Gasteiger partial charge in [-0.1, -0.05) is 48.5 Å². The molecule has 29 heavy (non-hydrogen) atoms. The van der Waals surface area contributed by atoms with Gasteiger partial charge in [0.2, 0.25) is 0 Å². The second-order valence-corrected chi connectivity index (χ2v) is 6.04. The molecule has 0 spiro atoms. The van der Waals surface area contributed by atoms with Gasteiger partial charge < -0.3 is 14.8 Å². The Labute approximate surface area is 168 Å². The average Bonchev–Trinajstić information content (AvgIpc) is 2.77. The lowest BCUT2D eigenvalue weighted by molar-refractivity contribution is -0.119. The first-order valence-electron chi connectivity index (χ1n) is 8.89. The monoisotopic (exact) mass is 386 g/mol. The zero-order valence-corrected chi connectivity index (χ0v) is 15.5. The Balaban J connectivity index is 1.59. The highest BCUT2D eigenvalue weighted by Gasteiger charge is 2.15. The molecule has 0 aliphatic carbocycles. The van der Waals surface area contributed by atoms with Crippen molar-refractivity contribution in [2.75, 3.05) is 11.9 Å². The van der Waals surface area contributed by atoms with Gasteiger partial charge in [-0.2, -0.15) is 5.26 Å². The van der Waals surface area contributed by atoms with Crippen molar-refractivity contribution in [2.24, 2.45) is 0 Å². The van der Waals surface area contributed by atoms with Gasteiger partial charge in [-0.05, 0) is 30.3 Å². The lowest BCUT2D eigenvalue weighted by Gasteiger charge is -2.11. The van der Waals surface area contributed by atoms with Crippen LogP contribution in [0.1, 0.15) is 21.5 Å². The molecule has 1 amide bonds. The molecular weight excluding hydrogens is 368 g/mol. The summed E-state index contributed by atoms with van der Waals surface area (Å²) in [5, 5.41) is 11.6. The first kappa shape index (κ1) is 19.6. The van der Waals surface area contributed by atoms with Gasteiger partial charge in [0.1, 0.15) is 18.4 Å². The molecule has 0 aliphatic heterocycles. The van der Waals surface area contributed by atoms with Gasteiger partial charge in [0.15, 0.2) is 6.61 Å². The number of nitrogens with zero attached hydrogens (tertiary/aromatic N) is 1. The number of nitriles is 1. The Kier molecular flexibility index (Phi) is 6.58. The van der Waals surface area contributed by atoms with E-state index in [1.165, 1.54) is 0 Å². The zero-order chi connectivity index (χ0) is 20.5. The van der Waals surface area contributed by atoms with Crippen molar-refractivity contribution < 1.29 is 19.1 Å². The summed E-state index contributed by atoms with van der Waals surface area (Å²) in [6.07, 6.45) is 0. The minimum absolute atomic E-state index is 0.191. The Hall–Kier alpha value is -4.11. The van der Waals surface area contributed by atoms with Crippen LogP contribution in [0, 0.1) is 11.3 Å². The molecule has 0 saturated heterocycles. The maximum Gasteiger partial charge on any atom is 0.339 e. The van der Waals surface area contributed by atoms with Crippen molar-refractivity contribution in [1.82, 2.24) is 0 Å². The van der Waals surface area contributed by atoms with Crippen LogP contribution in [0.15, 0.2) is 78.9 Å². The standard InChI is InChI=1S/C23H18N2O4/c24-14-17-8-5-7-13-21(17)25-22(26)16-29-23(27)20-12-6-4-9-18(20)15-28-19-10-2-1-3-11-19/h1-13H,15-16H2,(H,25,26). The van der Waals surface area contributed by atoms with Gasteiger partial charge in [-0.25, -0.2) is 4.79 Å². The van der Waals surface area contributed by atoms with Crippen molar-refractivity contribution >= 4 is 17.6 Å². The lowest BCUT2D eigenvalue weighted by atomic mass is 10.1. The number of carbonyl (C=O) groups excluding carboxylic acids is 2. The van der Waals surface area contributed by atoms with Crippen molar-refractivity contribution in [1.29, 1.82) is 5.26 Å². The van der Waals surface area contributed by atoms with Crippen LogP contribution >= 0.6 is 0 Å². The van der Waals surface area contributed by atoms with Gasteiger partial charge in [0, 0.05) is 5.56 Å². The van der Waals surface area contributed by atoms with Crippen LogP contribution in [-0.4, -0.2) is 18.5 Å². The zero-order valence-electron chi connectivity index (χ0n) is 15.5. The Morgan fingerprint density at radius 2 is 1.59 bits per heavy atom. The Morgan fingerprint density at radius 1 is 0.897 bits per heavy atom. The van der Waals surface area contributed by atoms with E-state index < -0.39 is 18.5 Å². The summed E-state index contributed by atoms with van der Waals surface area (Å²) in [6, 6.07) is 24.7. The van der Waals surface area contributed by atoms with Gasteiger partial charge in [0.05, 0.1) is 16.8 Å². The number of amides is 1. The van der Waals surface area contributed by atoms with Crippen molar-refractivity contribution in [3.8, 4) is 11.8 Å². The van der Waals surface area contributed by atoms with Gasteiger partial charge in [-0.3, -0.25) is 4.79 Å². The number of rotatable bonds is 7. The molecule has 144 valence electrons. The molecule has 0 heterocycles. The number of hydrogen-bond acceptors (Lipinski definition) is 5. The lowest BCUT2D eigenvalue weighted by Crippen LogP contribution is -2.22. The summed E-state index contributed by atoms with van der Waals surface area (Å²) >= 11 is 0. The van der Waals surface area contributed by atoms with E-state index in [1.54, 1.807) is 48.5 Å². The number of benzene rings is 3. The van der Waals surface area contributed by atoms with E-state index in [0.29, 0.717) is 28.1 Å². The molecule has 0 fully saturated rings. The Bertz CT molecular complexity index is 1040. The molecular formula is C23H18N2O4. The predicted molar refractivity (Wildman–Crippen MR) is 107 cm³/mol. The summed E-state index contributed by atoms with van der Waals surface area (Å²) in [5.41, 5.74) is 1.67. The number of carbonyl (C=O) groups is 2. The molecule has 0 aromatic heterocycles. The van der Waals surface area contributed by atoms with E-state index in [-0.39, 0.29) is 6.61 Å². The number of anilines is 1. The van der Waals surface area contributed by atoms with Gasteiger partial charge in [0.25, 0.3) is 5.91 Å². The molecule has 0 saturated carbocycles. The van der Waals surface area contributed by atoms with Gasteiger partial charge >= 0.3 is 5.97 Å². The fraction of sp³-hybridized carbons (Fsp3) is 0.0870. The number of nitrogens with one attached hydrogen (secondary N) is 1. The minimum atomic E-state index is -0.624. The smallest absolute Gasteiger partial charge is 0.339 e. The molecule has 1 N–H and O–H groups in total. The van der Waals surface area contributed by atoms with Crippen molar-refractivity contribution in [3.63, 3.8) is 0 Å². The molecule has 0 unspecified atom stereocenters. The SMILES string of the molecule is N#Cc1ccccc1NC(=O)COC(=O)c1ccccc1COc1ccccc1. The summed E-state index contributed by atoms with van der Waals surface area (Å²) in [4.78, 5) is 24.5. The van der Waals surface area contributed by atoms with E-state index in [9.17, 15) is 9.59 Å². The summed E-state index contributed by atoms with van der Waals surface area (Å²) in [6.45, 7) is -0.274. The highest BCUT2D eigenvalue weighted by atomic mass is 16.5. The van der Waals surface area contributed by atoms with Crippen LogP contribution in [-0.2, 0) is 16.1 Å². The van der Waals surface area contributed by atoms with Crippen molar-refractivity contribution in [2.45, 2.75) is 6.61 Å². The number of para-hydroxylation sites is 2. The summed E-state index contributed by atoms with van der Waals surface area (Å²) in [5.74, 6) is -0.466. The van der Waals surface area contributed by atoms with E-state index in [0.717, 1.165) is 0 Å². The van der Waals surface area contributed by atoms with Crippen LogP contribution in [0.25, 0.3) is 0 Å². The third-order valence-electron chi connectivity index (χ3n) is 4.03. The quantitative estimate of drug-likeness (QED) is 0.622. The summed E-state index contributed by atoms with van der Waals surface area (Å²) in [7, 11) is 0. The van der Waals surface area contributed by atoms with Crippen LogP contribution in [0.3, 0.4) is 0 Å². The Morgan fingerprint density at radius 3 is 2.38 bits per heavy atom.